The van der Waals surface area contributed by atoms with E-state index in [1.165, 1.54) is 16.7 Å². The summed E-state index contributed by atoms with van der Waals surface area (Å²) in [6.45, 7) is 1.86. The number of rotatable bonds is 6. The summed E-state index contributed by atoms with van der Waals surface area (Å²) < 4.78 is 0. The highest BCUT2D eigenvalue weighted by molar-refractivity contribution is 5.79. The number of hydrogen-bond acceptors (Lipinski definition) is 2. The number of fused-ring (bicyclic) bond motifs is 1. The Labute approximate surface area is 150 Å². The number of carbonyl (C=O) groups excluding carboxylic acids is 1. The van der Waals surface area contributed by atoms with E-state index in [0.29, 0.717) is 18.0 Å². The molecule has 4 rings (SSSR count). The number of nitrogens with one attached hydrogen (secondary N) is 1. The van der Waals surface area contributed by atoms with Crippen LogP contribution in [0, 0.1) is 0 Å². The SMILES string of the molecule is O=C1CC[C@@H](CCNCc2ccccc2)N1C1Cc2ccccc2C1. The number of nitrogens with zero attached hydrogens (tertiary/aromatic N) is 1. The van der Waals surface area contributed by atoms with Gasteiger partial charge in [-0.05, 0) is 48.9 Å². The van der Waals surface area contributed by atoms with E-state index in [2.05, 4.69) is 58.7 Å². The van der Waals surface area contributed by atoms with E-state index >= 15 is 0 Å². The fourth-order valence-electron chi connectivity index (χ4n) is 4.38. The molecule has 1 N–H and O–H groups in total. The van der Waals surface area contributed by atoms with Crippen LogP contribution in [0.1, 0.15) is 36.0 Å². The molecule has 3 nitrogen and oxygen atoms in total. The smallest absolute Gasteiger partial charge is 0.223 e. The summed E-state index contributed by atoms with van der Waals surface area (Å²) in [5.41, 5.74) is 4.16. The Bertz CT molecular complexity index is 703. The van der Waals surface area contributed by atoms with Gasteiger partial charge in [-0.1, -0.05) is 54.6 Å². The standard InChI is InChI=1S/C22H26N2O/c25-22-11-10-20(12-13-23-16-17-6-2-1-3-7-17)24(22)21-14-18-8-4-5-9-19(18)15-21/h1-9,20-21,23H,10-16H2/t20-/m0/s1. The van der Waals surface area contributed by atoms with Gasteiger partial charge in [0.2, 0.25) is 5.91 Å². The molecule has 2 aromatic rings. The fourth-order valence-corrected chi connectivity index (χ4v) is 4.38. The summed E-state index contributed by atoms with van der Waals surface area (Å²) in [5.74, 6) is 0.353. The minimum Gasteiger partial charge on any atom is -0.336 e. The number of likely N-dealkylation sites (tertiary alicyclic amines) is 1. The molecule has 1 aliphatic heterocycles. The summed E-state index contributed by atoms with van der Waals surface area (Å²) >= 11 is 0. The molecule has 2 aliphatic rings. The average Bonchev–Trinajstić information content (AvgIpc) is 3.22. The third-order valence-corrected chi connectivity index (χ3v) is 5.62. The lowest BCUT2D eigenvalue weighted by molar-refractivity contribution is -0.131. The van der Waals surface area contributed by atoms with E-state index in [1.807, 2.05) is 6.07 Å². The second kappa shape index (κ2) is 7.40. The van der Waals surface area contributed by atoms with E-state index in [9.17, 15) is 4.79 Å². The first-order valence-corrected chi connectivity index (χ1v) is 9.44. The maximum absolute atomic E-state index is 12.5. The van der Waals surface area contributed by atoms with Crippen molar-refractivity contribution in [1.29, 1.82) is 0 Å². The first-order valence-electron chi connectivity index (χ1n) is 9.44. The van der Waals surface area contributed by atoms with Crippen LogP contribution in [-0.4, -0.2) is 29.4 Å². The van der Waals surface area contributed by atoms with Crippen LogP contribution in [0.3, 0.4) is 0 Å². The molecule has 0 saturated carbocycles. The van der Waals surface area contributed by atoms with Crippen molar-refractivity contribution in [3.8, 4) is 0 Å². The first kappa shape index (κ1) is 16.3. The Kier molecular flexibility index (Phi) is 4.84. The highest BCUT2D eigenvalue weighted by Gasteiger charge is 2.38. The Balaban J connectivity index is 1.32. The molecule has 0 bridgehead atoms. The van der Waals surface area contributed by atoms with Crippen LogP contribution in [-0.2, 0) is 24.2 Å². The number of amides is 1. The van der Waals surface area contributed by atoms with Crippen LogP contribution < -0.4 is 5.32 Å². The topological polar surface area (TPSA) is 32.3 Å². The lowest BCUT2D eigenvalue weighted by Gasteiger charge is -2.31. The van der Waals surface area contributed by atoms with Crippen molar-refractivity contribution in [2.24, 2.45) is 0 Å². The normalized spacial score (nSPS) is 20.2. The van der Waals surface area contributed by atoms with Crippen LogP contribution in [0.2, 0.25) is 0 Å². The number of carbonyl (C=O) groups is 1. The van der Waals surface area contributed by atoms with Gasteiger partial charge in [0.15, 0.2) is 0 Å². The third kappa shape index (κ3) is 3.62. The van der Waals surface area contributed by atoms with Crippen molar-refractivity contribution in [3.05, 3.63) is 71.3 Å². The molecule has 130 valence electrons. The molecular formula is C22H26N2O. The van der Waals surface area contributed by atoms with Crippen molar-refractivity contribution in [3.63, 3.8) is 0 Å². The summed E-state index contributed by atoms with van der Waals surface area (Å²) in [7, 11) is 0. The molecule has 1 heterocycles. The van der Waals surface area contributed by atoms with Crippen molar-refractivity contribution in [2.75, 3.05) is 6.54 Å². The quantitative estimate of drug-likeness (QED) is 0.822. The van der Waals surface area contributed by atoms with Crippen LogP contribution >= 0.6 is 0 Å². The molecule has 25 heavy (non-hydrogen) atoms. The van der Waals surface area contributed by atoms with Gasteiger partial charge < -0.3 is 10.2 Å². The van der Waals surface area contributed by atoms with Gasteiger partial charge in [-0.15, -0.1) is 0 Å². The minimum absolute atomic E-state index is 0.353. The largest absolute Gasteiger partial charge is 0.336 e. The van der Waals surface area contributed by atoms with E-state index in [-0.39, 0.29) is 0 Å². The predicted molar refractivity (Wildman–Crippen MR) is 100 cm³/mol. The fraction of sp³-hybridized carbons (Fsp3) is 0.409. The Morgan fingerprint density at radius 2 is 1.64 bits per heavy atom. The third-order valence-electron chi connectivity index (χ3n) is 5.62. The van der Waals surface area contributed by atoms with Crippen molar-refractivity contribution < 1.29 is 4.79 Å². The van der Waals surface area contributed by atoms with Gasteiger partial charge in [0.1, 0.15) is 0 Å². The molecule has 1 atom stereocenters. The summed E-state index contributed by atoms with van der Waals surface area (Å²) in [5, 5.41) is 3.53. The molecule has 0 radical (unpaired) electrons. The summed E-state index contributed by atoms with van der Waals surface area (Å²) in [6, 6.07) is 19.9. The zero-order valence-electron chi connectivity index (χ0n) is 14.7. The van der Waals surface area contributed by atoms with Crippen molar-refractivity contribution in [2.45, 2.75) is 50.7 Å². The number of hydrogen-bond donors (Lipinski definition) is 1. The molecule has 3 heteroatoms. The second-order valence-corrected chi connectivity index (χ2v) is 7.28. The molecule has 0 unspecified atom stereocenters. The summed E-state index contributed by atoms with van der Waals surface area (Å²) in [6.07, 6.45) is 4.83. The minimum atomic E-state index is 0.353. The van der Waals surface area contributed by atoms with Gasteiger partial charge in [-0.3, -0.25) is 4.79 Å². The maximum atomic E-state index is 12.5. The van der Waals surface area contributed by atoms with E-state index in [4.69, 9.17) is 0 Å². The van der Waals surface area contributed by atoms with Gasteiger partial charge in [0, 0.05) is 25.0 Å². The van der Waals surface area contributed by atoms with Crippen LogP contribution in [0.5, 0.6) is 0 Å². The van der Waals surface area contributed by atoms with Gasteiger partial charge >= 0.3 is 0 Å². The molecule has 0 spiro atoms. The monoisotopic (exact) mass is 334 g/mol. The predicted octanol–water partition coefficient (Wildman–Crippen LogP) is 3.32. The van der Waals surface area contributed by atoms with E-state index in [1.54, 1.807) is 0 Å². The van der Waals surface area contributed by atoms with Gasteiger partial charge in [0.25, 0.3) is 0 Å². The Hall–Kier alpha value is -2.13. The Morgan fingerprint density at radius 3 is 2.36 bits per heavy atom. The van der Waals surface area contributed by atoms with E-state index < -0.39 is 0 Å². The molecule has 0 aromatic heterocycles. The van der Waals surface area contributed by atoms with Gasteiger partial charge in [-0.25, -0.2) is 0 Å². The highest BCUT2D eigenvalue weighted by atomic mass is 16.2. The van der Waals surface area contributed by atoms with Crippen LogP contribution in [0.15, 0.2) is 54.6 Å². The van der Waals surface area contributed by atoms with E-state index in [0.717, 1.165) is 45.2 Å². The average molecular weight is 334 g/mol. The maximum Gasteiger partial charge on any atom is 0.223 e. The van der Waals surface area contributed by atoms with Gasteiger partial charge in [-0.2, -0.15) is 0 Å². The summed E-state index contributed by atoms with van der Waals surface area (Å²) in [4.78, 5) is 14.7. The first-order chi connectivity index (χ1) is 12.3. The lowest BCUT2D eigenvalue weighted by Crippen LogP contribution is -2.43. The second-order valence-electron chi connectivity index (χ2n) is 7.28. The molecule has 1 fully saturated rings. The van der Waals surface area contributed by atoms with Crippen LogP contribution in [0.4, 0.5) is 0 Å². The highest BCUT2D eigenvalue weighted by Crippen LogP contribution is 2.32. The molecular weight excluding hydrogens is 308 g/mol. The molecule has 1 amide bonds. The molecule has 1 aliphatic carbocycles. The van der Waals surface area contributed by atoms with Crippen molar-refractivity contribution >= 4 is 5.91 Å². The number of benzene rings is 2. The zero-order chi connectivity index (χ0) is 17.1. The zero-order valence-corrected chi connectivity index (χ0v) is 14.7. The van der Waals surface area contributed by atoms with Crippen molar-refractivity contribution in [1.82, 2.24) is 10.2 Å². The lowest BCUT2D eigenvalue weighted by atomic mass is 10.1. The van der Waals surface area contributed by atoms with Crippen LogP contribution in [0.25, 0.3) is 0 Å². The molecule has 2 aromatic carbocycles. The van der Waals surface area contributed by atoms with Gasteiger partial charge in [0.05, 0.1) is 0 Å². The Morgan fingerprint density at radius 1 is 0.960 bits per heavy atom. The molecule has 1 saturated heterocycles.